The van der Waals surface area contributed by atoms with Gasteiger partial charge in [-0.1, -0.05) is 30.3 Å². The monoisotopic (exact) mass is 437 g/mol. The maximum Gasteiger partial charge on any atom is 0.281 e. The van der Waals surface area contributed by atoms with E-state index in [0.29, 0.717) is 16.3 Å². The summed E-state index contributed by atoms with van der Waals surface area (Å²) in [5.74, 6) is -0.268. The van der Waals surface area contributed by atoms with Crippen LogP contribution in [-0.2, 0) is 4.79 Å². The van der Waals surface area contributed by atoms with Gasteiger partial charge in [0, 0.05) is 10.9 Å². The van der Waals surface area contributed by atoms with Gasteiger partial charge in [0.25, 0.3) is 11.8 Å². The van der Waals surface area contributed by atoms with Crippen molar-refractivity contribution >= 4 is 45.3 Å². The Labute approximate surface area is 181 Å². The van der Waals surface area contributed by atoms with E-state index in [0.717, 1.165) is 21.3 Å². The van der Waals surface area contributed by atoms with Gasteiger partial charge in [-0.05, 0) is 48.2 Å². The number of carbonyl (C=O) groups is 2. The molecule has 8 heteroatoms. The Morgan fingerprint density at radius 3 is 2.63 bits per heavy atom. The van der Waals surface area contributed by atoms with Crippen LogP contribution in [0.15, 0.2) is 59.3 Å². The molecule has 2 N–H and O–H groups in total. The van der Waals surface area contributed by atoms with Gasteiger partial charge < -0.3 is 4.74 Å². The third-order valence-corrected chi connectivity index (χ3v) is 6.36. The molecular formula is C22H19N3O3S2. The number of fused-ring (bicyclic) bond motifs is 1. The molecule has 0 aliphatic heterocycles. The van der Waals surface area contributed by atoms with Crippen LogP contribution >= 0.6 is 22.7 Å². The summed E-state index contributed by atoms with van der Waals surface area (Å²) >= 11 is 2.86. The molecule has 0 aliphatic carbocycles. The molecule has 0 fully saturated rings. The molecule has 2 amide bonds. The molecule has 1 atom stereocenters. The third kappa shape index (κ3) is 4.34. The Morgan fingerprint density at radius 2 is 1.87 bits per heavy atom. The van der Waals surface area contributed by atoms with Crippen molar-refractivity contribution in [3.8, 4) is 16.3 Å². The van der Waals surface area contributed by atoms with Crippen LogP contribution < -0.4 is 15.6 Å². The standard InChI is InChI=1S/C22H19N3O3S2/c1-13-19(30-22(23-13)17-9-10-29-12-17)21(27)25-24-20(26)14(2)28-18-8-7-15-5-3-4-6-16(15)11-18/h3-12,14H,1-2H3,(H,24,26)(H,25,27). The van der Waals surface area contributed by atoms with Crippen molar-refractivity contribution in [2.24, 2.45) is 0 Å². The van der Waals surface area contributed by atoms with E-state index in [-0.39, 0.29) is 0 Å². The van der Waals surface area contributed by atoms with E-state index in [2.05, 4.69) is 15.8 Å². The predicted octanol–water partition coefficient (Wildman–Crippen LogP) is 4.56. The van der Waals surface area contributed by atoms with E-state index < -0.39 is 17.9 Å². The van der Waals surface area contributed by atoms with Crippen molar-refractivity contribution in [2.45, 2.75) is 20.0 Å². The molecule has 4 aromatic rings. The lowest BCUT2D eigenvalue weighted by atomic mass is 10.1. The lowest BCUT2D eigenvalue weighted by molar-refractivity contribution is -0.128. The van der Waals surface area contributed by atoms with Gasteiger partial charge in [-0.25, -0.2) is 4.98 Å². The Kier molecular flexibility index (Phi) is 5.78. The smallest absolute Gasteiger partial charge is 0.281 e. The fourth-order valence-electron chi connectivity index (χ4n) is 2.89. The summed E-state index contributed by atoms with van der Waals surface area (Å²) in [6.45, 7) is 3.40. The molecule has 0 bridgehead atoms. The van der Waals surface area contributed by atoms with Crippen molar-refractivity contribution in [3.63, 3.8) is 0 Å². The first-order chi connectivity index (χ1) is 14.5. The van der Waals surface area contributed by atoms with Crippen molar-refractivity contribution in [1.82, 2.24) is 15.8 Å². The summed E-state index contributed by atoms with van der Waals surface area (Å²) in [5, 5.41) is 6.84. The molecule has 30 heavy (non-hydrogen) atoms. The molecule has 0 aliphatic rings. The Hall–Kier alpha value is -3.23. The molecule has 0 saturated carbocycles. The molecule has 2 heterocycles. The first-order valence-electron chi connectivity index (χ1n) is 9.27. The first kappa shape index (κ1) is 20.1. The second kappa shape index (κ2) is 8.64. The fraction of sp³-hybridized carbons (Fsp3) is 0.136. The maximum atomic E-state index is 12.5. The van der Waals surface area contributed by atoms with E-state index >= 15 is 0 Å². The number of aryl methyl sites for hydroxylation is 1. The highest BCUT2D eigenvalue weighted by Crippen LogP contribution is 2.29. The number of thiazole rings is 1. The number of hydrogen-bond donors (Lipinski definition) is 2. The number of rotatable bonds is 5. The number of carbonyl (C=O) groups excluding carboxylic acids is 2. The quantitative estimate of drug-likeness (QED) is 0.449. The third-order valence-electron chi connectivity index (χ3n) is 4.47. The van der Waals surface area contributed by atoms with Crippen LogP contribution in [0.3, 0.4) is 0 Å². The van der Waals surface area contributed by atoms with Crippen molar-refractivity contribution < 1.29 is 14.3 Å². The molecule has 2 aromatic heterocycles. The second-order valence-electron chi connectivity index (χ2n) is 6.66. The Morgan fingerprint density at radius 1 is 1.07 bits per heavy atom. The SMILES string of the molecule is Cc1nc(-c2ccsc2)sc1C(=O)NNC(=O)C(C)Oc1ccc2ccccc2c1. The summed E-state index contributed by atoms with van der Waals surface area (Å²) < 4.78 is 5.73. The fourth-order valence-corrected chi connectivity index (χ4v) is 4.56. The summed E-state index contributed by atoms with van der Waals surface area (Å²) in [4.78, 5) is 29.8. The van der Waals surface area contributed by atoms with Crippen LogP contribution in [0.25, 0.3) is 21.3 Å². The van der Waals surface area contributed by atoms with Gasteiger partial charge in [0.15, 0.2) is 6.10 Å². The molecule has 2 aromatic carbocycles. The van der Waals surface area contributed by atoms with E-state index in [1.165, 1.54) is 11.3 Å². The largest absolute Gasteiger partial charge is 0.481 e. The van der Waals surface area contributed by atoms with Gasteiger partial charge >= 0.3 is 0 Å². The van der Waals surface area contributed by atoms with E-state index in [1.54, 1.807) is 25.2 Å². The minimum Gasteiger partial charge on any atom is -0.481 e. The number of nitrogens with zero attached hydrogens (tertiary/aromatic N) is 1. The molecular weight excluding hydrogens is 418 g/mol. The number of thiophene rings is 1. The average Bonchev–Trinajstić information content (AvgIpc) is 3.41. The predicted molar refractivity (Wildman–Crippen MR) is 120 cm³/mol. The Bertz CT molecular complexity index is 1200. The molecule has 6 nitrogen and oxygen atoms in total. The minimum atomic E-state index is -0.782. The zero-order chi connectivity index (χ0) is 21.1. The van der Waals surface area contributed by atoms with Crippen LogP contribution in [-0.4, -0.2) is 22.9 Å². The number of ether oxygens (including phenoxy) is 1. The highest BCUT2D eigenvalue weighted by Gasteiger charge is 2.19. The van der Waals surface area contributed by atoms with Crippen molar-refractivity contribution in [2.75, 3.05) is 0 Å². The van der Waals surface area contributed by atoms with Crippen LogP contribution in [0.5, 0.6) is 5.75 Å². The first-order valence-corrected chi connectivity index (χ1v) is 11.0. The van der Waals surface area contributed by atoms with Gasteiger partial charge in [0.2, 0.25) is 0 Å². The molecule has 0 spiro atoms. The average molecular weight is 438 g/mol. The molecule has 0 saturated heterocycles. The van der Waals surface area contributed by atoms with Crippen LogP contribution in [0.4, 0.5) is 0 Å². The van der Waals surface area contributed by atoms with Gasteiger partial charge in [0.05, 0.1) is 5.69 Å². The van der Waals surface area contributed by atoms with Gasteiger partial charge in [-0.2, -0.15) is 11.3 Å². The second-order valence-corrected chi connectivity index (χ2v) is 8.44. The van der Waals surface area contributed by atoms with E-state index in [1.807, 2.05) is 59.3 Å². The zero-order valence-electron chi connectivity index (χ0n) is 16.3. The van der Waals surface area contributed by atoms with Crippen molar-refractivity contribution in [3.05, 3.63) is 69.9 Å². The summed E-state index contributed by atoms with van der Waals surface area (Å²) in [7, 11) is 0. The van der Waals surface area contributed by atoms with E-state index in [4.69, 9.17) is 4.74 Å². The van der Waals surface area contributed by atoms with Crippen LogP contribution in [0.1, 0.15) is 22.3 Å². The lowest BCUT2D eigenvalue weighted by Gasteiger charge is -2.15. The summed E-state index contributed by atoms with van der Waals surface area (Å²) in [6.07, 6.45) is -0.782. The zero-order valence-corrected chi connectivity index (χ0v) is 18.0. The number of hydrogen-bond acceptors (Lipinski definition) is 6. The number of hydrazine groups is 1. The molecule has 4 rings (SSSR count). The highest BCUT2D eigenvalue weighted by molar-refractivity contribution is 7.17. The number of aromatic nitrogens is 1. The summed E-state index contributed by atoms with van der Waals surface area (Å²) in [6, 6.07) is 15.5. The maximum absolute atomic E-state index is 12.5. The number of benzene rings is 2. The van der Waals surface area contributed by atoms with Crippen molar-refractivity contribution in [1.29, 1.82) is 0 Å². The molecule has 152 valence electrons. The van der Waals surface area contributed by atoms with Gasteiger partial charge in [0.1, 0.15) is 15.6 Å². The highest BCUT2D eigenvalue weighted by atomic mass is 32.1. The number of nitrogens with one attached hydrogen (secondary N) is 2. The van der Waals surface area contributed by atoms with Crippen LogP contribution in [0, 0.1) is 6.92 Å². The molecule has 0 radical (unpaired) electrons. The van der Waals surface area contributed by atoms with Gasteiger partial charge in [-0.3, -0.25) is 20.4 Å². The number of amides is 2. The normalized spacial score (nSPS) is 11.8. The van der Waals surface area contributed by atoms with Crippen LogP contribution in [0.2, 0.25) is 0 Å². The molecule has 1 unspecified atom stereocenters. The topological polar surface area (TPSA) is 80.3 Å². The van der Waals surface area contributed by atoms with Gasteiger partial charge in [-0.15, -0.1) is 11.3 Å². The minimum absolute atomic E-state index is 0.405. The van der Waals surface area contributed by atoms with E-state index in [9.17, 15) is 9.59 Å². The Balaban J connectivity index is 1.36. The lowest BCUT2D eigenvalue weighted by Crippen LogP contribution is -2.47. The summed E-state index contributed by atoms with van der Waals surface area (Å²) in [5.41, 5.74) is 6.47.